The van der Waals surface area contributed by atoms with Gasteiger partial charge in [0.2, 0.25) is 0 Å². The zero-order valence-electron chi connectivity index (χ0n) is 16.0. The average molecular weight is 352 g/mol. The number of hydrogen-bond donors (Lipinski definition) is 0. The molecule has 0 aliphatic carbocycles. The van der Waals surface area contributed by atoms with Crippen LogP contribution in [0.3, 0.4) is 0 Å². The number of Topliss-reactive ketones (excluding diaryl/α,β-unsaturated/α-hetero) is 1. The van der Waals surface area contributed by atoms with Crippen molar-refractivity contribution in [2.24, 2.45) is 0 Å². The summed E-state index contributed by atoms with van der Waals surface area (Å²) in [6, 6.07) is 17.8. The quantitative estimate of drug-likeness (QED) is 0.557. The summed E-state index contributed by atoms with van der Waals surface area (Å²) in [6.45, 7) is 3.20. The van der Waals surface area contributed by atoms with Crippen molar-refractivity contribution in [2.45, 2.75) is 31.6 Å². The Labute approximate surface area is 157 Å². The van der Waals surface area contributed by atoms with Crippen LogP contribution in [0.2, 0.25) is 0 Å². The highest BCUT2D eigenvalue weighted by Gasteiger charge is 2.32. The second-order valence-electron chi connectivity index (χ2n) is 7.72. The van der Waals surface area contributed by atoms with Crippen LogP contribution in [0.4, 0.5) is 0 Å². The molecule has 3 heteroatoms. The van der Waals surface area contributed by atoms with Crippen molar-refractivity contribution in [3.63, 3.8) is 0 Å². The molecule has 1 unspecified atom stereocenters. The van der Waals surface area contributed by atoms with Gasteiger partial charge in [-0.1, -0.05) is 30.3 Å². The molecule has 0 N–H and O–H groups in total. The Morgan fingerprint density at radius 2 is 1.58 bits per heavy atom. The third kappa shape index (κ3) is 4.53. The number of benzene rings is 2. The number of carbonyl (C=O) groups is 1. The minimum atomic E-state index is -0.104. The SMILES string of the molecule is COc1ccc(C(=O)C(C[N+]2(C)CCCCCC2)c2ccccc2)cc1. The van der Waals surface area contributed by atoms with E-state index in [-0.39, 0.29) is 11.7 Å². The van der Waals surface area contributed by atoms with E-state index < -0.39 is 0 Å². The maximum absolute atomic E-state index is 13.4. The topological polar surface area (TPSA) is 26.3 Å². The van der Waals surface area contributed by atoms with E-state index in [1.54, 1.807) is 7.11 Å². The predicted molar refractivity (Wildman–Crippen MR) is 106 cm³/mol. The lowest BCUT2D eigenvalue weighted by atomic mass is 9.89. The molecule has 0 radical (unpaired) electrons. The molecule has 1 aliphatic rings. The molecule has 3 nitrogen and oxygen atoms in total. The number of likely N-dealkylation sites (tertiary alicyclic amines) is 1. The monoisotopic (exact) mass is 352 g/mol. The van der Waals surface area contributed by atoms with Gasteiger partial charge in [0.05, 0.1) is 39.7 Å². The van der Waals surface area contributed by atoms with Crippen LogP contribution in [0, 0.1) is 0 Å². The predicted octanol–water partition coefficient (Wildman–Crippen LogP) is 4.68. The number of ketones is 1. The summed E-state index contributed by atoms with van der Waals surface area (Å²) < 4.78 is 6.22. The summed E-state index contributed by atoms with van der Waals surface area (Å²) in [4.78, 5) is 13.4. The van der Waals surface area contributed by atoms with Crippen LogP contribution in [0.25, 0.3) is 0 Å². The van der Waals surface area contributed by atoms with Gasteiger partial charge in [-0.2, -0.15) is 0 Å². The Balaban J connectivity index is 1.88. The zero-order chi connectivity index (χ0) is 18.4. The first kappa shape index (κ1) is 18.7. The highest BCUT2D eigenvalue weighted by Crippen LogP contribution is 2.27. The Morgan fingerprint density at radius 3 is 2.15 bits per heavy atom. The second kappa shape index (κ2) is 8.50. The lowest BCUT2D eigenvalue weighted by Crippen LogP contribution is -2.48. The molecule has 26 heavy (non-hydrogen) atoms. The van der Waals surface area contributed by atoms with Crippen LogP contribution in [0.5, 0.6) is 5.75 Å². The summed E-state index contributed by atoms with van der Waals surface area (Å²) in [5, 5.41) is 0. The van der Waals surface area contributed by atoms with Crippen LogP contribution < -0.4 is 4.74 Å². The van der Waals surface area contributed by atoms with Gasteiger partial charge in [-0.3, -0.25) is 4.79 Å². The lowest BCUT2D eigenvalue weighted by molar-refractivity contribution is -0.909. The maximum atomic E-state index is 13.4. The van der Waals surface area contributed by atoms with Crippen LogP contribution in [-0.4, -0.2) is 44.1 Å². The van der Waals surface area contributed by atoms with E-state index in [0.717, 1.165) is 27.9 Å². The first-order chi connectivity index (χ1) is 12.6. The molecule has 0 bridgehead atoms. The van der Waals surface area contributed by atoms with Crippen LogP contribution in [0.15, 0.2) is 54.6 Å². The Hall–Kier alpha value is -2.13. The van der Waals surface area contributed by atoms with Crippen LogP contribution in [-0.2, 0) is 0 Å². The van der Waals surface area contributed by atoms with Gasteiger partial charge in [-0.25, -0.2) is 0 Å². The Kier molecular flexibility index (Phi) is 6.10. The van der Waals surface area contributed by atoms with Gasteiger partial charge in [0.25, 0.3) is 0 Å². The number of rotatable bonds is 6. The molecule has 0 aromatic heterocycles. The number of likely N-dealkylation sites (N-methyl/N-ethyl adjacent to an activating group) is 1. The van der Waals surface area contributed by atoms with Gasteiger partial charge in [-0.05, 0) is 55.5 Å². The minimum Gasteiger partial charge on any atom is -0.497 e. The summed E-state index contributed by atoms with van der Waals surface area (Å²) in [6.07, 6.45) is 5.15. The van der Waals surface area contributed by atoms with E-state index >= 15 is 0 Å². The van der Waals surface area contributed by atoms with Crippen LogP contribution in [0.1, 0.15) is 47.5 Å². The summed E-state index contributed by atoms with van der Waals surface area (Å²) in [5.74, 6) is 0.888. The standard InChI is InChI=1S/C23H30NO2/c1-24(16-8-3-4-9-17-24)18-22(19-10-6-5-7-11-19)23(25)20-12-14-21(26-2)15-13-20/h5-7,10-15,22H,3-4,8-9,16-18H2,1-2H3/q+1. The molecule has 1 aliphatic heterocycles. The molecule has 1 atom stereocenters. The van der Waals surface area contributed by atoms with E-state index in [1.165, 1.54) is 38.8 Å². The van der Waals surface area contributed by atoms with Gasteiger partial charge in [0, 0.05) is 5.56 Å². The molecule has 1 heterocycles. The number of ether oxygens (including phenoxy) is 1. The fourth-order valence-electron chi connectivity index (χ4n) is 4.06. The second-order valence-corrected chi connectivity index (χ2v) is 7.72. The number of hydrogen-bond acceptors (Lipinski definition) is 2. The summed E-state index contributed by atoms with van der Waals surface area (Å²) in [5.41, 5.74) is 1.89. The first-order valence-corrected chi connectivity index (χ1v) is 9.68. The van der Waals surface area contributed by atoms with E-state index in [9.17, 15) is 4.79 Å². The molecule has 1 fully saturated rings. The third-order valence-electron chi connectivity index (χ3n) is 5.66. The number of carbonyl (C=O) groups excluding carboxylic acids is 1. The lowest BCUT2D eigenvalue weighted by Gasteiger charge is -2.36. The van der Waals surface area contributed by atoms with E-state index in [2.05, 4.69) is 19.2 Å². The number of nitrogens with zero attached hydrogens (tertiary/aromatic N) is 1. The minimum absolute atomic E-state index is 0.104. The molecule has 2 aromatic carbocycles. The average Bonchev–Trinajstić information content (AvgIpc) is 2.91. The number of methoxy groups -OCH3 is 1. The zero-order valence-corrected chi connectivity index (χ0v) is 16.0. The molecule has 138 valence electrons. The van der Waals surface area contributed by atoms with E-state index in [0.29, 0.717) is 0 Å². The summed E-state index contributed by atoms with van der Waals surface area (Å²) in [7, 11) is 3.97. The molecular weight excluding hydrogens is 322 g/mol. The molecule has 1 saturated heterocycles. The van der Waals surface area contributed by atoms with Crippen molar-refractivity contribution in [1.82, 2.24) is 0 Å². The van der Waals surface area contributed by atoms with Gasteiger partial charge in [0.1, 0.15) is 5.75 Å². The smallest absolute Gasteiger partial charge is 0.175 e. The number of quaternary nitrogens is 1. The molecule has 3 rings (SSSR count). The molecule has 0 spiro atoms. The third-order valence-corrected chi connectivity index (χ3v) is 5.66. The highest BCUT2D eigenvalue weighted by atomic mass is 16.5. The Bertz CT molecular complexity index is 701. The fraction of sp³-hybridized carbons (Fsp3) is 0.435. The molecular formula is C23H30NO2+. The summed E-state index contributed by atoms with van der Waals surface area (Å²) >= 11 is 0. The molecule has 0 amide bonds. The molecule has 0 saturated carbocycles. The largest absolute Gasteiger partial charge is 0.497 e. The van der Waals surface area contributed by atoms with E-state index in [1.807, 2.05) is 42.5 Å². The normalized spacial score (nSPS) is 17.9. The van der Waals surface area contributed by atoms with Gasteiger partial charge >= 0.3 is 0 Å². The van der Waals surface area contributed by atoms with Gasteiger partial charge in [-0.15, -0.1) is 0 Å². The first-order valence-electron chi connectivity index (χ1n) is 9.68. The van der Waals surface area contributed by atoms with Crippen molar-refractivity contribution in [3.8, 4) is 5.75 Å². The van der Waals surface area contributed by atoms with Crippen molar-refractivity contribution >= 4 is 5.78 Å². The van der Waals surface area contributed by atoms with Crippen molar-refractivity contribution < 1.29 is 14.0 Å². The fourth-order valence-corrected chi connectivity index (χ4v) is 4.06. The van der Waals surface area contributed by atoms with Crippen molar-refractivity contribution in [3.05, 3.63) is 65.7 Å². The van der Waals surface area contributed by atoms with Gasteiger partial charge in [0.15, 0.2) is 5.78 Å². The van der Waals surface area contributed by atoms with Crippen molar-refractivity contribution in [1.29, 1.82) is 0 Å². The highest BCUT2D eigenvalue weighted by molar-refractivity contribution is 6.01. The Morgan fingerprint density at radius 1 is 0.962 bits per heavy atom. The molecule has 2 aromatic rings. The van der Waals surface area contributed by atoms with Crippen molar-refractivity contribution in [2.75, 3.05) is 33.8 Å². The van der Waals surface area contributed by atoms with Crippen LogP contribution >= 0.6 is 0 Å². The maximum Gasteiger partial charge on any atom is 0.175 e. The van der Waals surface area contributed by atoms with E-state index in [4.69, 9.17) is 4.74 Å². The van der Waals surface area contributed by atoms with Gasteiger partial charge < -0.3 is 9.22 Å².